The first-order chi connectivity index (χ1) is 25.5. The number of amides is 8. The van der Waals surface area contributed by atoms with E-state index in [0.29, 0.717) is 19.4 Å². The molecule has 1 aliphatic heterocycles. The molecule has 0 radical (unpaired) electrons. The van der Waals surface area contributed by atoms with Gasteiger partial charge in [-0.3, -0.25) is 38.4 Å². The fourth-order valence-corrected chi connectivity index (χ4v) is 5.76. The number of carboxylic acid groups (broad SMARTS) is 1. The van der Waals surface area contributed by atoms with E-state index < -0.39 is 102 Å². The highest BCUT2D eigenvalue weighted by Gasteiger charge is 2.38. The summed E-state index contributed by atoms with van der Waals surface area (Å²) in [6.45, 7) is 16.2. The molecule has 1 aliphatic rings. The van der Waals surface area contributed by atoms with Gasteiger partial charge in [-0.1, -0.05) is 41.5 Å². The number of carbonyl (C=O) groups is 9. The van der Waals surface area contributed by atoms with Crippen molar-refractivity contribution in [2.45, 2.75) is 143 Å². The molecule has 10 N–H and O–H groups in total. The lowest BCUT2D eigenvalue weighted by molar-refractivity contribution is -0.142. The highest BCUT2D eigenvalue weighted by molar-refractivity contribution is 5.97. The van der Waals surface area contributed by atoms with Crippen molar-refractivity contribution in [1.82, 2.24) is 42.1 Å². The molecule has 0 aromatic carbocycles. The first kappa shape index (κ1) is 48.2. The molecule has 1 saturated heterocycles. The van der Waals surface area contributed by atoms with Crippen LogP contribution in [0.1, 0.15) is 94.9 Å². The van der Waals surface area contributed by atoms with Gasteiger partial charge in [-0.05, 0) is 71.1 Å². The zero-order valence-corrected chi connectivity index (χ0v) is 33.7. The highest BCUT2D eigenvalue weighted by atomic mass is 16.4. The fraction of sp³-hybridized carbons (Fsp3) is 0.750. The Morgan fingerprint density at radius 2 is 1.13 bits per heavy atom. The SMILES string of the molecule is CC(C)C[C@H](NC(=O)[C@H](C)NC(=O)[C@H](C)NC(=O)[C@H](CC(C)C)NC(=O)CNC(=O)[C@H](C)NC(=O)[C@@H](NC(=O)[C@@H]1CCCN1C(=O)[C@H](C)N)C(C)C)C(=O)O. The van der Waals surface area contributed by atoms with Gasteiger partial charge in [0.25, 0.3) is 0 Å². The summed E-state index contributed by atoms with van der Waals surface area (Å²) < 4.78 is 0. The Kier molecular flexibility index (Phi) is 19.8. The van der Waals surface area contributed by atoms with E-state index in [2.05, 4.69) is 37.2 Å². The van der Waals surface area contributed by atoms with Crippen LogP contribution >= 0.6 is 0 Å². The van der Waals surface area contributed by atoms with Gasteiger partial charge in [-0.25, -0.2) is 4.79 Å². The molecule has 1 fully saturated rings. The third-order valence-corrected chi connectivity index (χ3v) is 8.83. The van der Waals surface area contributed by atoms with Crippen LogP contribution in [0, 0.1) is 17.8 Å². The van der Waals surface area contributed by atoms with Crippen molar-refractivity contribution in [3.63, 3.8) is 0 Å². The molecular weight excluding hydrogens is 718 g/mol. The summed E-state index contributed by atoms with van der Waals surface area (Å²) in [5.74, 6) is -6.74. The monoisotopic (exact) mass is 781 g/mol. The molecule has 8 amide bonds. The Bertz CT molecular complexity index is 1400. The molecule has 8 atom stereocenters. The molecule has 0 saturated carbocycles. The van der Waals surface area contributed by atoms with Crippen LogP contribution in [0.15, 0.2) is 0 Å². The number of likely N-dealkylation sites (tertiary alicyclic amines) is 1. The van der Waals surface area contributed by atoms with Gasteiger partial charge in [-0.2, -0.15) is 0 Å². The topological polar surface area (TPSA) is 287 Å². The predicted molar refractivity (Wildman–Crippen MR) is 201 cm³/mol. The number of rotatable bonds is 21. The summed E-state index contributed by atoms with van der Waals surface area (Å²) in [5.41, 5.74) is 5.73. The Hall–Kier alpha value is -4.81. The first-order valence-electron chi connectivity index (χ1n) is 18.8. The summed E-state index contributed by atoms with van der Waals surface area (Å²) in [6.07, 6.45) is 1.40. The maximum absolute atomic E-state index is 13.2. The van der Waals surface area contributed by atoms with E-state index in [1.54, 1.807) is 27.7 Å². The Morgan fingerprint density at radius 3 is 1.64 bits per heavy atom. The minimum Gasteiger partial charge on any atom is -0.480 e. The van der Waals surface area contributed by atoms with Gasteiger partial charge in [-0.15, -0.1) is 0 Å². The lowest BCUT2D eigenvalue weighted by atomic mass is 10.0. The number of aliphatic carboxylic acids is 1. The van der Waals surface area contributed by atoms with E-state index in [1.165, 1.54) is 32.6 Å². The molecule has 0 unspecified atom stereocenters. The largest absolute Gasteiger partial charge is 0.480 e. The van der Waals surface area contributed by atoms with Gasteiger partial charge < -0.3 is 53.0 Å². The molecule has 1 rings (SSSR count). The quantitative estimate of drug-likeness (QED) is 0.0629. The lowest BCUT2D eigenvalue weighted by Crippen LogP contribution is -2.58. The summed E-state index contributed by atoms with van der Waals surface area (Å²) in [6, 6.07) is -8.20. The molecule has 0 aromatic rings. The molecule has 312 valence electrons. The van der Waals surface area contributed by atoms with E-state index in [4.69, 9.17) is 5.73 Å². The zero-order valence-electron chi connectivity index (χ0n) is 33.7. The molecule has 55 heavy (non-hydrogen) atoms. The minimum absolute atomic E-state index is 0.00566. The van der Waals surface area contributed by atoms with E-state index in [-0.39, 0.29) is 36.5 Å². The smallest absolute Gasteiger partial charge is 0.326 e. The van der Waals surface area contributed by atoms with Crippen LogP contribution in [-0.4, -0.2) is 125 Å². The van der Waals surface area contributed by atoms with Crippen molar-refractivity contribution in [3.8, 4) is 0 Å². The second-order valence-corrected chi connectivity index (χ2v) is 15.4. The summed E-state index contributed by atoms with van der Waals surface area (Å²) >= 11 is 0. The predicted octanol–water partition coefficient (Wildman–Crippen LogP) is -1.76. The van der Waals surface area contributed by atoms with Gasteiger partial charge in [0.1, 0.15) is 42.3 Å². The molecule has 1 heterocycles. The van der Waals surface area contributed by atoms with Crippen LogP contribution in [0.25, 0.3) is 0 Å². The fourth-order valence-electron chi connectivity index (χ4n) is 5.76. The van der Waals surface area contributed by atoms with Crippen LogP contribution in [0.4, 0.5) is 0 Å². The standard InChI is InChI=1S/C36H63N9O10/c1-17(2)14-24(32(50)40-22(9)30(48)39-23(10)31(49)43-25(36(54)55)15-18(3)4)42-27(46)16-38-29(47)21(8)41-34(52)28(19(5)6)44-33(51)26-12-11-13-45(26)35(53)20(7)37/h17-26,28H,11-16,37H2,1-10H3,(H,38,47)(H,39,48)(H,40,50)(H,41,52)(H,42,46)(H,43,49)(H,44,51)(H,54,55)/t20-,21-,22-,23-,24-,25-,26-,28-/m0/s1. The normalized spacial score (nSPS) is 17.9. The number of nitrogens with one attached hydrogen (secondary N) is 7. The van der Waals surface area contributed by atoms with Crippen molar-refractivity contribution in [1.29, 1.82) is 0 Å². The van der Waals surface area contributed by atoms with Crippen LogP contribution in [0.5, 0.6) is 0 Å². The minimum atomic E-state index is -1.21. The van der Waals surface area contributed by atoms with E-state index >= 15 is 0 Å². The van der Waals surface area contributed by atoms with E-state index in [1.807, 2.05) is 13.8 Å². The van der Waals surface area contributed by atoms with E-state index in [0.717, 1.165) is 0 Å². The molecule has 0 aliphatic carbocycles. The third kappa shape index (κ3) is 16.2. The van der Waals surface area contributed by atoms with Crippen LogP contribution in [0.2, 0.25) is 0 Å². The number of hydrogen-bond acceptors (Lipinski definition) is 10. The van der Waals surface area contributed by atoms with Crippen LogP contribution < -0.4 is 43.0 Å². The lowest BCUT2D eigenvalue weighted by Gasteiger charge is -2.29. The third-order valence-electron chi connectivity index (χ3n) is 8.83. The number of hydrogen-bond donors (Lipinski definition) is 9. The molecule has 0 bridgehead atoms. The second kappa shape index (κ2) is 22.5. The molecule has 0 spiro atoms. The first-order valence-corrected chi connectivity index (χ1v) is 18.8. The van der Waals surface area contributed by atoms with Gasteiger partial charge in [0.2, 0.25) is 47.3 Å². The average molecular weight is 782 g/mol. The van der Waals surface area contributed by atoms with Gasteiger partial charge in [0, 0.05) is 6.54 Å². The van der Waals surface area contributed by atoms with Crippen molar-refractivity contribution >= 4 is 53.2 Å². The van der Waals surface area contributed by atoms with Gasteiger partial charge in [0.15, 0.2) is 0 Å². The van der Waals surface area contributed by atoms with Gasteiger partial charge in [0.05, 0.1) is 12.6 Å². The molecule has 19 nitrogen and oxygen atoms in total. The maximum Gasteiger partial charge on any atom is 0.326 e. The molecular formula is C36H63N9O10. The van der Waals surface area contributed by atoms with Crippen LogP contribution in [0.3, 0.4) is 0 Å². The average Bonchev–Trinajstić information content (AvgIpc) is 3.57. The van der Waals surface area contributed by atoms with Crippen molar-refractivity contribution in [2.24, 2.45) is 23.5 Å². The molecule has 19 heteroatoms. The van der Waals surface area contributed by atoms with Crippen molar-refractivity contribution < 1.29 is 48.3 Å². The zero-order chi connectivity index (χ0) is 42.3. The van der Waals surface area contributed by atoms with Crippen molar-refractivity contribution in [3.05, 3.63) is 0 Å². The highest BCUT2D eigenvalue weighted by Crippen LogP contribution is 2.19. The van der Waals surface area contributed by atoms with Crippen LogP contribution in [-0.2, 0) is 43.2 Å². The van der Waals surface area contributed by atoms with E-state index in [9.17, 15) is 48.3 Å². The Morgan fingerprint density at radius 1 is 0.636 bits per heavy atom. The maximum atomic E-state index is 13.2. The second-order valence-electron chi connectivity index (χ2n) is 15.4. The number of nitrogens with two attached hydrogens (primary N) is 1. The molecule has 0 aromatic heterocycles. The summed E-state index contributed by atoms with van der Waals surface area (Å²) in [4.78, 5) is 116. The summed E-state index contributed by atoms with van der Waals surface area (Å²) in [5, 5.41) is 26.9. The number of carboxylic acids is 1. The Labute approximate surface area is 323 Å². The number of nitrogens with zero attached hydrogens (tertiary/aromatic N) is 1. The van der Waals surface area contributed by atoms with Gasteiger partial charge >= 0.3 is 5.97 Å². The summed E-state index contributed by atoms with van der Waals surface area (Å²) in [7, 11) is 0. The number of carbonyl (C=O) groups excluding carboxylic acids is 8. The van der Waals surface area contributed by atoms with Crippen molar-refractivity contribution in [2.75, 3.05) is 13.1 Å². The Balaban J connectivity index is 2.76.